The largest absolute Gasteiger partial charge is 0.456 e. The zero-order chi connectivity index (χ0) is 16.9. The van der Waals surface area contributed by atoms with Crippen molar-refractivity contribution in [1.29, 1.82) is 0 Å². The Balaban J connectivity index is 1.80. The first kappa shape index (κ1) is 15.2. The maximum Gasteiger partial charge on any atom is 0.242 e. The summed E-state index contributed by atoms with van der Waals surface area (Å²) >= 11 is 0. The summed E-state index contributed by atoms with van der Waals surface area (Å²) in [5.74, 6) is 0. The van der Waals surface area contributed by atoms with Gasteiger partial charge in [-0.25, -0.2) is 8.42 Å². The highest BCUT2D eigenvalue weighted by molar-refractivity contribution is 7.89. The van der Waals surface area contributed by atoms with Crippen LogP contribution >= 0.6 is 0 Å². The second-order valence-corrected chi connectivity index (χ2v) is 7.69. The van der Waals surface area contributed by atoms with Crippen LogP contribution < -0.4 is 10.2 Å². The highest BCUT2D eigenvalue weighted by atomic mass is 32.2. The fourth-order valence-corrected chi connectivity index (χ4v) is 4.11. The van der Waals surface area contributed by atoms with Crippen LogP contribution in [0, 0.1) is 0 Å². The Bertz CT molecular complexity index is 1080. The molecule has 0 radical (unpaired) electrons. The predicted molar refractivity (Wildman–Crippen MR) is 90.4 cm³/mol. The van der Waals surface area contributed by atoms with Gasteiger partial charge >= 0.3 is 0 Å². The van der Waals surface area contributed by atoms with Crippen molar-refractivity contribution in [3.8, 4) is 0 Å². The third-order valence-corrected chi connectivity index (χ3v) is 5.84. The molecule has 0 fully saturated rings. The highest BCUT2D eigenvalue weighted by Crippen LogP contribution is 2.31. The van der Waals surface area contributed by atoms with Crippen LogP contribution in [-0.4, -0.2) is 14.1 Å². The zero-order valence-electron chi connectivity index (χ0n) is 13.2. The molecule has 3 aromatic rings. The number of furan rings is 1. The van der Waals surface area contributed by atoms with Crippen LogP contribution in [0.15, 0.2) is 63.6 Å². The van der Waals surface area contributed by atoms with E-state index in [0.717, 1.165) is 21.9 Å². The number of hydroxylamine groups is 1. The van der Waals surface area contributed by atoms with Crippen molar-refractivity contribution in [2.24, 2.45) is 0 Å². The number of rotatable bonds is 3. The van der Waals surface area contributed by atoms with E-state index in [1.54, 1.807) is 26.0 Å². The van der Waals surface area contributed by atoms with Crippen LogP contribution in [0.5, 0.6) is 0 Å². The van der Waals surface area contributed by atoms with Gasteiger partial charge in [0.2, 0.25) is 10.0 Å². The van der Waals surface area contributed by atoms with Crippen molar-refractivity contribution in [3.05, 3.63) is 54.3 Å². The Morgan fingerprint density at radius 2 is 1.83 bits per heavy atom. The van der Waals surface area contributed by atoms with Gasteiger partial charge in [-0.15, -0.1) is 5.48 Å². The van der Waals surface area contributed by atoms with Gasteiger partial charge < -0.3 is 9.25 Å². The van der Waals surface area contributed by atoms with E-state index in [1.807, 2.05) is 24.3 Å². The van der Waals surface area contributed by atoms with Crippen molar-refractivity contribution in [2.75, 3.05) is 0 Å². The molecule has 0 saturated carbocycles. The summed E-state index contributed by atoms with van der Waals surface area (Å²) < 4.78 is 33.9. The lowest BCUT2D eigenvalue weighted by Gasteiger charge is -2.25. The van der Waals surface area contributed by atoms with Crippen LogP contribution in [0.4, 0.5) is 0 Å². The summed E-state index contributed by atoms with van der Waals surface area (Å²) in [5.41, 5.74) is 3.81. The van der Waals surface area contributed by atoms with Gasteiger partial charge in [0.25, 0.3) is 0 Å². The molecule has 1 aliphatic rings. The number of para-hydroxylation sites is 1. The summed E-state index contributed by atoms with van der Waals surface area (Å²) in [7, 11) is -3.75. The fraction of sp³-hybridized carbons (Fsp3) is 0.176. The van der Waals surface area contributed by atoms with E-state index in [2.05, 4.69) is 10.2 Å². The van der Waals surface area contributed by atoms with Crippen LogP contribution in [0.3, 0.4) is 0 Å². The van der Waals surface area contributed by atoms with E-state index in [0.29, 0.717) is 5.58 Å². The molecule has 0 aliphatic carbocycles. The third kappa shape index (κ3) is 2.29. The van der Waals surface area contributed by atoms with E-state index in [4.69, 9.17) is 9.25 Å². The monoisotopic (exact) mass is 344 g/mol. The molecule has 1 aromatic heterocycles. The summed E-state index contributed by atoms with van der Waals surface area (Å²) in [6.07, 6.45) is 1.48. The van der Waals surface area contributed by atoms with Gasteiger partial charge in [-0.05, 0) is 38.1 Å². The molecule has 1 aliphatic heterocycles. The number of benzene rings is 2. The quantitative estimate of drug-likeness (QED) is 0.763. The number of fused-ring (bicyclic) bond motifs is 3. The van der Waals surface area contributed by atoms with Crippen molar-refractivity contribution < 1.29 is 17.7 Å². The Hall–Kier alpha value is -2.35. The van der Waals surface area contributed by atoms with Gasteiger partial charge in [0.1, 0.15) is 23.1 Å². The topological polar surface area (TPSA) is 80.6 Å². The molecule has 2 heterocycles. The van der Waals surface area contributed by atoms with Crippen LogP contribution in [0.2, 0.25) is 0 Å². The molecule has 6 nitrogen and oxygen atoms in total. The van der Waals surface area contributed by atoms with E-state index in [-0.39, 0.29) is 4.90 Å². The standard InChI is InChI=1S/C17H16N2O4S/c1-11-10-22-18-17(11,2)19-24(20,21)12-7-8-16-14(9-12)13-5-3-4-6-15(13)23-16/h3-10,18-19H,1-2H3. The Labute approximate surface area is 139 Å². The Morgan fingerprint density at radius 1 is 1.08 bits per heavy atom. The molecule has 2 aromatic carbocycles. The molecule has 0 amide bonds. The van der Waals surface area contributed by atoms with Crippen molar-refractivity contribution >= 4 is 32.0 Å². The molecule has 0 spiro atoms. The van der Waals surface area contributed by atoms with Crippen molar-refractivity contribution in [1.82, 2.24) is 10.2 Å². The van der Waals surface area contributed by atoms with E-state index in [9.17, 15) is 8.42 Å². The molecule has 2 N–H and O–H groups in total. The lowest BCUT2D eigenvalue weighted by molar-refractivity contribution is 0.0993. The lowest BCUT2D eigenvalue weighted by atomic mass is 10.1. The first-order valence-corrected chi connectivity index (χ1v) is 8.93. The molecular formula is C17H16N2O4S. The molecule has 0 saturated heterocycles. The molecule has 1 unspecified atom stereocenters. The zero-order valence-corrected chi connectivity index (χ0v) is 14.0. The number of hydrogen-bond donors (Lipinski definition) is 2. The summed E-state index contributed by atoms with van der Waals surface area (Å²) in [4.78, 5) is 5.19. The van der Waals surface area contributed by atoms with Gasteiger partial charge in [0.15, 0.2) is 0 Å². The minimum atomic E-state index is -3.75. The molecule has 24 heavy (non-hydrogen) atoms. The smallest absolute Gasteiger partial charge is 0.242 e. The van der Waals surface area contributed by atoms with Crippen molar-refractivity contribution in [3.63, 3.8) is 0 Å². The molecule has 4 rings (SSSR count). The first-order valence-electron chi connectivity index (χ1n) is 7.44. The van der Waals surface area contributed by atoms with Crippen LogP contribution in [0.25, 0.3) is 21.9 Å². The number of nitrogens with one attached hydrogen (secondary N) is 2. The molecular weight excluding hydrogens is 328 g/mol. The maximum absolute atomic E-state index is 12.8. The normalized spacial score (nSPS) is 21.2. The Morgan fingerprint density at radius 3 is 2.58 bits per heavy atom. The number of sulfonamides is 1. The second-order valence-electron chi connectivity index (χ2n) is 6.01. The predicted octanol–water partition coefficient (Wildman–Crippen LogP) is 3.02. The Kier molecular flexibility index (Phi) is 3.21. The summed E-state index contributed by atoms with van der Waals surface area (Å²) in [5, 5.41) is 1.65. The number of hydrogen-bond acceptors (Lipinski definition) is 5. The minimum Gasteiger partial charge on any atom is -0.456 e. The molecule has 7 heteroatoms. The third-order valence-electron chi connectivity index (χ3n) is 4.28. The second kappa shape index (κ2) is 5.07. The van der Waals surface area contributed by atoms with E-state index >= 15 is 0 Å². The van der Waals surface area contributed by atoms with Gasteiger partial charge in [0.05, 0.1) is 4.90 Å². The first-order chi connectivity index (χ1) is 11.4. The summed E-state index contributed by atoms with van der Waals surface area (Å²) in [6, 6.07) is 12.4. The molecule has 124 valence electrons. The highest BCUT2D eigenvalue weighted by Gasteiger charge is 2.36. The van der Waals surface area contributed by atoms with Crippen molar-refractivity contribution in [2.45, 2.75) is 24.4 Å². The minimum absolute atomic E-state index is 0.171. The fourth-order valence-electron chi connectivity index (χ4n) is 2.74. The van der Waals surface area contributed by atoms with Crippen LogP contribution in [0.1, 0.15) is 13.8 Å². The maximum atomic E-state index is 12.8. The summed E-state index contributed by atoms with van der Waals surface area (Å²) in [6.45, 7) is 3.49. The van der Waals surface area contributed by atoms with Gasteiger partial charge in [-0.1, -0.05) is 18.2 Å². The van der Waals surface area contributed by atoms with Gasteiger partial charge in [-0.2, -0.15) is 4.72 Å². The average molecular weight is 344 g/mol. The SMILES string of the molecule is CC1=CONC1(C)NS(=O)(=O)c1ccc2oc3ccccc3c2c1. The lowest BCUT2D eigenvalue weighted by Crippen LogP contribution is -2.54. The molecule has 1 atom stereocenters. The van der Waals surface area contributed by atoms with E-state index in [1.165, 1.54) is 12.3 Å². The van der Waals surface area contributed by atoms with Gasteiger partial charge in [0, 0.05) is 16.3 Å². The molecule has 0 bridgehead atoms. The van der Waals surface area contributed by atoms with Gasteiger partial charge in [-0.3, -0.25) is 0 Å². The average Bonchev–Trinajstić information content (AvgIpc) is 3.06. The van der Waals surface area contributed by atoms with E-state index < -0.39 is 15.7 Å². The van der Waals surface area contributed by atoms with Crippen LogP contribution in [-0.2, 0) is 14.9 Å².